The summed E-state index contributed by atoms with van der Waals surface area (Å²) in [4.78, 5) is 11.8. The van der Waals surface area contributed by atoms with Crippen LogP contribution in [-0.2, 0) is 4.79 Å². The zero-order chi connectivity index (χ0) is 12.8. The summed E-state index contributed by atoms with van der Waals surface area (Å²) in [5.74, 6) is -1.06. The van der Waals surface area contributed by atoms with Crippen molar-refractivity contribution in [3.8, 4) is 12.1 Å². The van der Waals surface area contributed by atoms with Gasteiger partial charge in [0.1, 0.15) is 5.92 Å². The van der Waals surface area contributed by atoms with Gasteiger partial charge in [0.15, 0.2) is 0 Å². The first kappa shape index (κ1) is 12.7. The Bertz CT molecular complexity index is 494. The summed E-state index contributed by atoms with van der Waals surface area (Å²) in [6, 6.07) is 10.6. The Hall–Kier alpha value is -2.33. The smallest absolute Gasteiger partial charge is 0.241 e. The summed E-state index contributed by atoms with van der Waals surface area (Å²) in [6.07, 6.45) is 0. The zero-order valence-electron chi connectivity index (χ0n) is 9.77. The lowest BCUT2D eigenvalue weighted by atomic mass is 9.96. The molecule has 0 saturated carbocycles. The summed E-state index contributed by atoms with van der Waals surface area (Å²) in [6.45, 7) is 3.64. The van der Waals surface area contributed by atoms with Crippen LogP contribution in [0.3, 0.4) is 0 Å². The van der Waals surface area contributed by atoms with Gasteiger partial charge in [0.05, 0.1) is 17.7 Å². The number of nitrogens with one attached hydrogen (secondary N) is 1. The second-order valence-corrected chi connectivity index (χ2v) is 4.03. The Balaban J connectivity index is 2.82. The van der Waals surface area contributed by atoms with Crippen LogP contribution in [0.15, 0.2) is 24.3 Å². The fourth-order valence-corrected chi connectivity index (χ4v) is 1.40. The molecule has 1 aromatic carbocycles. The SMILES string of the molecule is CC(C)C(C#N)C(=O)Nc1cccc(C#N)c1. The molecule has 1 aromatic rings. The zero-order valence-corrected chi connectivity index (χ0v) is 9.77. The van der Waals surface area contributed by atoms with Gasteiger partial charge in [0.25, 0.3) is 0 Å². The number of anilines is 1. The van der Waals surface area contributed by atoms with Crippen molar-refractivity contribution in [1.29, 1.82) is 10.5 Å². The van der Waals surface area contributed by atoms with Crippen LogP contribution in [0.1, 0.15) is 19.4 Å². The number of carbonyl (C=O) groups excluding carboxylic acids is 1. The first-order valence-corrected chi connectivity index (χ1v) is 5.29. The number of nitrogens with zero attached hydrogens (tertiary/aromatic N) is 2. The number of carbonyl (C=O) groups is 1. The molecule has 0 saturated heterocycles. The molecule has 1 atom stereocenters. The molecule has 86 valence electrons. The van der Waals surface area contributed by atoms with Crippen LogP contribution in [0, 0.1) is 34.5 Å². The maximum absolute atomic E-state index is 11.8. The van der Waals surface area contributed by atoms with Gasteiger partial charge < -0.3 is 5.32 Å². The minimum absolute atomic E-state index is 0.0425. The Kier molecular flexibility index (Phi) is 4.25. The molecule has 0 aliphatic rings. The maximum Gasteiger partial charge on any atom is 0.241 e. The second kappa shape index (κ2) is 5.67. The Morgan fingerprint density at radius 3 is 2.59 bits per heavy atom. The highest BCUT2D eigenvalue weighted by Crippen LogP contribution is 2.15. The van der Waals surface area contributed by atoms with E-state index in [0.717, 1.165) is 0 Å². The van der Waals surface area contributed by atoms with Crippen molar-refractivity contribution in [2.24, 2.45) is 11.8 Å². The van der Waals surface area contributed by atoms with Crippen molar-refractivity contribution in [3.05, 3.63) is 29.8 Å². The third-order valence-electron chi connectivity index (χ3n) is 2.35. The lowest BCUT2D eigenvalue weighted by Gasteiger charge is -2.13. The summed E-state index contributed by atoms with van der Waals surface area (Å²) in [5.41, 5.74) is 1.01. The third-order valence-corrected chi connectivity index (χ3v) is 2.35. The van der Waals surface area contributed by atoms with Gasteiger partial charge in [-0.1, -0.05) is 19.9 Å². The summed E-state index contributed by atoms with van der Waals surface area (Å²) in [7, 11) is 0. The first-order chi connectivity index (χ1) is 8.08. The van der Waals surface area contributed by atoms with E-state index < -0.39 is 5.92 Å². The first-order valence-electron chi connectivity index (χ1n) is 5.29. The lowest BCUT2D eigenvalue weighted by molar-refractivity contribution is -0.119. The van der Waals surface area contributed by atoms with Crippen molar-refractivity contribution >= 4 is 11.6 Å². The Labute approximate surface area is 100 Å². The highest BCUT2D eigenvalue weighted by molar-refractivity contribution is 5.94. The van der Waals surface area contributed by atoms with Crippen molar-refractivity contribution < 1.29 is 4.79 Å². The van der Waals surface area contributed by atoms with Crippen LogP contribution in [-0.4, -0.2) is 5.91 Å². The number of amides is 1. The molecule has 4 heteroatoms. The average Bonchev–Trinajstić information content (AvgIpc) is 2.29. The van der Waals surface area contributed by atoms with Gasteiger partial charge in [-0.3, -0.25) is 4.79 Å². The van der Waals surface area contributed by atoms with Gasteiger partial charge in [0, 0.05) is 5.69 Å². The molecule has 0 radical (unpaired) electrons. The molecule has 0 spiro atoms. The van der Waals surface area contributed by atoms with Crippen molar-refractivity contribution in [2.45, 2.75) is 13.8 Å². The van der Waals surface area contributed by atoms with Crippen LogP contribution in [0.5, 0.6) is 0 Å². The molecule has 1 amide bonds. The predicted octanol–water partition coefficient (Wildman–Crippen LogP) is 2.29. The standard InChI is InChI=1S/C13H13N3O/c1-9(2)12(8-15)13(17)16-11-5-3-4-10(6-11)7-14/h3-6,9,12H,1-2H3,(H,16,17). The van der Waals surface area contributed by atoms with Gasteiger partial charge in [-0.15, -0.1) is 0 Å². The number of benzene rings is 1. The van der Waals surface area contributed by atoms with Crippen LogP contribution in [0.4, 0.5) is 5.69 Å². The van der Waals surface area contributed by atoms with E-state index in [0.29, 0.717) is 11.3 Å². The van der Waals surface area contributed by atoms with Crippen LogP contribution >= 0.6 is 0 Å². The molecular formula is C13H13N3O. The van der Waals surface area contributed by atoms with Gasteiger partial charge in [-0.2, -0.15) is 10.5 Å². The van der Waals surface area contributed by atoms with Gasteiger partial charge >= 0.3 is 0 Å². The van der Waals surface area contributed by atoms with Crippen LogP contribution < -0.4 is 5.32 Å². The minimum atomic E-state index is -0.680. The van der Waals surface area contributed by atoms with E-state index in [4.69, 9.17) is 10.5 Å². The molecule has 0 heterocycles. The van der Waals surface area contributed by atoms with Gasteiger partial charge in [-0.25, -0.2) is 0 Å². The molecule has 0 bridgehead atoms. The van der Waals surface area contributed by atoms with E-state index in [1.54, 1.807) is 24.3 Å². The molecular weight excluding hydrogens is 214 g/mol. The molecule has 0 aliphatic heterocycles. The Morgan fingerprint density at radius 2 is 2.06 bits per heavy atom. The Morgan fingerprint density at radius 1 is 1.35 bits per heavy atom. The summed E-state index contributed by atoms with van der Waals surface area (Å²) >= 11 is 0. The summed E-state index contributed by atoms with van der Waals surface area (Å²) in [5, 5.41) is 20.2. The number of hydrogen-bond donors (Lipinski definition) is 1. The van der Waals surface area contributed by atoms with Crippen molar-refractivity contribution in [1.82, 2.24) is 0 Å². The van der Waals surface area contributed by atoms with E-state index in [1.807, 2.05) is 26.0 Å². The van der Waals surface area contributed by atoms with Gasteiger partial charge in [0.2, 0.25) is 5.91 Å². The highest BCUT2D eigenvalue weighted by Gasteiger charge is 2.21. The van der Waals surface area contributed by atoms with Crippen molar-refractivity contribution in [2.75, 3.05) is 5.32 Å². The molecule has 0 aliphatic carbocycles. The second-order valence-electron chi connectivity index (χ2n) is 4.03. The van der Waals surface area contributed by atoms with E-state index in [2.05, 4.69) is 5.32 Å². The normalized spacial score (nSPS) is 11.4. The molecule has 1 N–H and O–H groups in total. The van der Waals surface area contributed by atoms with E-state index in [9.17, 15) is 4.79 Å². The number of rotatable bonds is 3. The largest absolute Gasteiger partial charge is 0.325 e. The topological polar surface area (TPSA) is 76.7 Å². The molecule has 0 fully saturated rings. The van der Waals surface area contributed by atoms with Crippen LogP contribution in [0.25, 0.3) is 0 Å². The molecule has 0 aromatic heterocycles. The summed E-state index contributed by atoms with van der Waals surface area (Å²) < 4.78 is 0. The predicted molar refractivity (Wildman–Crippen MR) is 63.7 cm³/mol. The highest BCUT2D eigenvalue weighted by atomic mass is 16.1. The quantitative estimate of drug-likeness (QED) is 0.860. The fraction of sp³-hybridized carbons (Fsp3) is 0.308. The van der Waals surface area contributed by atoms with Gasteiger partial charge in [-0.05, 0) is 24.1 Å². The van der Waals surface area contributed by atoms with E-state index in [-0.39, 0.29) is 11.8 Å². The number of hydrogen-bond acceptors (Lipinski definition) is 3. The van der Waals surface area contributed by atoms with Crippen LogP contribution in [0.2, 0.25) is 0 Å². The fourth-order valence-electron chi connectivity index (χ4n) is 1.40. The van der Waals surface area contributed by atoms with E-state index in [1.165, 1.54) is 0 Å². The molecule has 1 rings (SSSR count). The lowest BCUT2D eigenvalue weighted by Crippen LogP contribution is -2.25. The minimum Gasteiger partial charge on any atom is -0.325 e. The molecule has 1 unspecified atom stereocenters. The maximum atomic E-state index is 11.8. The molecule has 17 heavy (non-hydrogen) atoms. The van der Waals surface area contributed by atoms with Crippen molar-refractivity contribution in [3.63, 3.8) is 0 Å². The average molecular weight is 227 g/mol. The monoisotopic (exact) mass is 227 g/mol. The van der Waals surface area contributed by atoms with E-state index >= 15 is 0 Å². The molecule has 4 nitrogen and oxygen atoms in total. The number of nitriles is 2. The third kappa shape index (κ3) is 3.32.